The van der Waals surface area contributed by atoms with E-state index in [9.17, 15) is 13.2 Å². The van der Waals surface area contributed by atoms with Gasteiger partial charge in [0.1, 0.15) is 0 Å². The van der Waals surface area contributed by atoms with Gasteiger partial charge < -0.3 is 5.32 Å². The number of carbonyl (C=O) groups excluding carboxylic acids is 1. The Balaban J connectivity index is 2.93. The number of aryl methyl sites for hydroxylation is 1. The Bertz CT molecular complexity index is 651. The number of rotatable bonds is 5. The molecule has 0 atom stereocenters. The second-order valence-electron chi connectivity index (χ2n) is 6.27. The Kier molecular flexibility index (Phi) is 5.87. The van der Waals surface area contributed by atoms with E-state index in [1.165, 1.54) is 4.31 Å². The van der Waals surface area contributed by atoms with Crippen LogP contribution in [0.25, 0.3) is 0 Å². The first kappa shape index (κ1) is 18.8. The van der Waals surface area contributed by atoms with Crippen LogP contribution in [0.5, 0.6) is 0 Å². The molecule has 1 N–H and O–H groups in total. The molecule has 5 nitrogen and oxygen atoms in total. The van der Waals surface area contributed by atoms with E-state index >= 15 is 0 Å². The summed E-state index contributed by atoms with van der Waals surface area (Å²) < 4.78 is 25.3. The molecule has 1 aromatic rings. The molecule has 0 aromatic heterocycles. The van der Waals surface area contributed by atoms with Gasteiger partial charge in [-0.15, -0.1) is 0 Å². The van der Waals surface area contributed by atoms with E-state index < -0.39 is 15.4 Å². The average Bonchev–Trinajstić information content (AvgIpc) is 2.35. The first-order chi connectivity index (χ1) is 9.93. The smallest absolute Gasteiger partial charge is 0.232 e. The summed E-state index contributed by atoms with van der Waals surface area (Å²) in [6.07, 6.45) is 1.14. The zero-order chi connectivity index (χ0) is 17.1. The third-order valence-electron chi connectivity index (χ3n) is 3.12. The summed E-state index contributed by atoms with van der Waals surface area (Å²) in [6.45, 7) is 7.61. The van der Waals surface area contributed by atoms with Crippen LogP contribution in [0.1, 0.15) is 26.3 Å². The molecule has 0 aliphatic carbocycles. The molecule has 0 unspecified atom stereocenters. The fourth-order valence-corrected chi connectivity index (χ4v) is 3.00. The number of carbonyl (C=O) groups is 1. The van der Waals surface area contributed by atoms with Crippen LogP contribution in [-0.4, -0.2) is 33.7 Å². The topological polar surface area (TPSA) is 66.5 Å². The molecule has 22 heavy (non-hydrogen) atoms. The van der Waals surface area contributed by atoms with E-state index in [1.807, 2.05) is 6.92 Å². The van der Waals surface area contributed by atoms with E-state index in [-0.39, 0.29) is 19.0 Å². The van der Waals surface area contributed by atoms with Crippen molar-refractivity contribution < 1.29 is 13.2 Å². The first-order valence-electron chi connectivity index (χ1n) is 6.95. The SMILES string of the molecule is Cc1ccc(Cl)cc1N(CCNC(=O)C(C)(C)C)S(C)(=O)=O. The number of hydrogen-bond acceptors (Lipinski definition) is 3. The first-order valence-corrected chi connectivity index (χ1v) is 9.17. The van der Waals surface area contributed by atoms with Gasteiger partial charge in [-0.1, -0.05) is 38.4 Å². The molecule has 0 spiro atoms. The largest absolute Gasteiger partial charge is 0.354 e. The van der Waals surface area contributed by atoms with E-state index in [0.717, 1.165) is 11.8 Å². The molecule has 0 aliphatic rings. The Morgan fingerprint density at radius 3 is 2.41 bits per heavy atom. The van der Waals surface area contributed by atoms with E-state index in [4.69, 9.17) is 11.6 Å². The van der Waals surface area contributed by atoms with Gasteiger partial charge in [-0.2, -0.15) is 0 Å². The maximum Gasteiger partial charge on any atom is 0.232 e. The van der Waals surface area contributed by atoms with Crippen LogP contribution in [0.15, 0.2) is 18.2 Å². The number of nitrogens with zero attached hydrogens (tertiary/aromatic N) is 1. The van der Waals surface area contributed by atoms with Crippen molar-refractivity contribution in [2.24, 2.45) is 5.41 Å². The minimum Gasteiger partial charge on any atom is -0.354 e. The summed E-state index contributed by atoms with van der Waals surface area (Å²) in [5.74, 6) is -0.122. The third kappa shape index (κ3) is 5.18. The lowest BCUT2D eigenvalue weighted by Crippen LogP contribution is -2.41. The Labute approximate surface area is 137 Å². The minimum absolute atomic E-state index is 0.122. The van der Waals surface area contributed by atoms with Crippen LogP contribution >= 0.6 is 11.6 Å². The third-order valence-corrected chi connectivity index (χ3v) is 4.54. The summed E-state index contributed by atoms with van der Waals surface area (Å²) in [6, 6.07) is 5.09. The Morgan fingerprint density at radius 2 is 1.91 bits per heavy atom. The second kappa shape index (κ2) is 6.87. The van der Waals surface area contributed by atoms with Crippen LogP contribution < -0.4 is 9.62 Å². The van der Waals surface area contributed by atoms with E-state index in [0.29, 0.717) is 10.7 Å². The van der Waals surface area contributed by atoms with Crippen molar-refractivity contribution in [1.82, 2.24) is 5.32 Å². The van der Waals surface area contributed by atoms with Crippen molar-refractivity contribution in [3.63, 3.8) is 0 Å². The molecule has 0 bridgehead atoms. The zero-order valence-electron chi connectivity index (χ0n) is 13.6. The lowest BCUT2D eigenvalue weighted by molar-refractivity contribution is -0.128. The van der Waals surface area contributed by atoms with Crippen molar-refractivity contribution in [2.45, 2.75) is 27.7 Å². The number of amides is 1. The second-order valence-corrected chi connectivity index (χ2v) is 8.62. The van der Waals surface area contributed by atoms with Crippen LogP contribution in [0.2, 0.25) is 5.02 Å². The molecule has 1 amide bonds. The van der Waals surface area contributed by atoms with Gasteiger partial charge in [0, 0.05) is 17.0 Å². The maximum absolute atomic E-state index is 12.0. The van der Waals surface area contributed by atoms with Crippen LogP contribution in [-0.2, 0) is 14.8 Å². The fourth-order valence-electron chi connectivity index (χ4n) is 1.85. The molecule has 0 saturated heterocycles. The molecule has 7 heteroatoms. The standard InChI is InChI=1S/C15H23ClN2O3S/c1-11-6-7-12(16)10-13(11)18(22(5,20)21)9-8-17-14(19)15(2,3)4/h6-7,10H,8-9H2,1-5H3,(H,17,19). The number of hydrogen-bond donors (Lipinski definition) is 1. The number of halogens is 1. The van der Waals surface area contributed by atoms with Crippen molar-refractivity contribution in [1.29, 1.82) is 0 Å². The van der Waals surface area contributed by atoms with Gasteiger partial charge in [0.2, 0.25) is 15.9 Å². The monoisotopic (exact) mass is 346 g/mol. The molecule has 124 valence electrons. The van der Waals surface area contributed by atoms with Gasteiger partial charge in [0.25, 0.3) is 0 Å². The van der Waals surface area contributed by atoms with Crippen molar-refractivity contribution in [3.8, 4) is 0 Å². The highest BCUT2D eigenvalue weighted by Crippen LogP contribution is 2.26. The van der Waals surface area contributed by atoms with Crippen LogP contribution in [0.3, 0.4) is 0 Å². The van der Waals surface area contributed by atoms with Crippen molar-refractivity contribution in [2.75, 3.05) is 23.7 Å². The molecular formula is C15H23ClN2O3S. The lowest BCUT2D eigenvalue weighted by atomic mass is 9.96. The van der Waals surface area contributed by atoms with E-state index in [2.05, 4.69) is 5.32 Å². The number of benzene rings is 1. The molecule has 0 aliphatic heterocycles. The Morgan fingerprint density at radius 1 is 1.32 bits per heavy atom. The average molecular weight is 347 g/mol. The molecular weight excluding hydrogens is 324 g/mol. The summed E-state index contributed by atoms with van der Waals surface area (Å²) in [7, 11) is -3.47. The lowest BCUT2D eigenvalue weighted by Gasteiger charge is -2.25. The number of sulfonamides is 1. The predicted octanol–water partition coefficient (Wildman–Crippen LogP) is 2.58. The summed E-state index contributed by atoms with van der Waals surface area (Å²) in [5, 5.41) is 3.22. The summed E-state index contributed by atoms with van der Waals surface area (Å²) >= 11 is 5.96. The van der Waals surface area contributed by atoms with Gasteiger partial charge in [-0.3, -0.25) is 9.10 Å². The summed E-state index contributed by atoms with van der Waals surface area (Å²) in [5.41, 5.74) is 0.819. The highest BCUT2D eigenvalue weighted by atomic mass is 35.5. The number of nitrogens with one attached hydrogen (secondary N) is 1. The van der Waals surface area contributed by atoms with Crippen LogP contribution in [0, 0.1) is 12.3 Å². The van der Waals surface area contributed by atoms with Crippen molar-refractivity contribution in [3.05, 3.63) is 28.8 Å². The molecule has 0 fully saturated rings. The van der Waals surface area contributed by atoms with Crippen molar-refractivity contribution >= 4 is 33.2 Å². The molecule has 0 heterocycles. The molecule has 1 aromatic carbocycles. The maximum atomic E-state index is 12.0. The predicted molar refractivity (Wildman–Crippen MR) is 90.8 cm³/mol. The summed E-state index contributed by atoms with van der Waals surface area (Å²) in [4.78, 5) is 11.9. The highest BCUT2D eigenvalue weighted by molar-refractivity contribution is 7.92. The van der Waals surface area contributed by atoms with Gasteiger partial charge in [0.05, 0.1) is 18.5 Å². The molecule has 0 saturated carbocycles. The van der Waals surface area contributed by atoms with Gasteiger partial charge >= 0.3 is 0 Å². The zero-order valence-corrected chi connectivity index (χ0v) is 15.2. The van der Waals surface area contributed by atoms with Gasteiger partial charge in [-0.25, -0.2) is 8.42 Å². The quantitative estimate of drug-likeness (QED) is 0.891. The fraction of sp³-hybridized carbons (Fsp3) is 0.533. The van der Waals surface area contributed by atoms with Gasteiger partial charge in [0.15, 0.2) is 0 Å². The highest BCUT2D eigenvalue weighted by Gasteiger charge is 2.23. The van der Waals surface area contributed by atoms with Gasteiger partial charge in [-0.05, 0) is 24.6 Å². The minimum atomic E-state index is -3.47. The molecule has 0 radical (unpaired) electrons. The van der Waals surface area contributed by atoms with E-state index in [1.54, 1.807) is 39.0 Å². The Hall–Kier alpha value is -1.27. The molecule has 1 rings (SSSR count). The normalized spacial score (nSPS) is 12.1. The van der Waals surface area contributed by atoms with Crippen LogP contribution in [0.4, 0.5) is 5.69 Å². The number of anilines is 1.